The fourth-order valence-electron chi connectivity index (χ4n) is 4.49. The van der Waals surface area contributed by atoms with Crippen LogP contribution in [0.2, 0.25) is 0 Å². The summed E-state index contributed by atoms with van der Waals surface area (Å²) in [6.07, 6.45) is 39.2. The van der Waals surface area contributed by atoms with Gasteiger partial charge in [0.1, 0.15) is 12.6 Å². The summed E-state index contributed by atoms with van der Waals surface area (Å²) in [4.78, 5) is 20.2. The maximum Gasteiger partial charge on any atom is 0.119 e. The molecule has 0 aromatic heterocycles. The van der Waals surface area contributed by atoms with Gasteiger partial charge in [-0.15, -0.1) is 0 Å². The van der Waals surface area contributed by atoms with Crippen LogP contribution in [0.4, 0.5) is 0 Å². The second-order valence-corrected chi connectivity index (χ2v) is 10.4. The van der Waals surface area contributed by atoms with Crippen LogP contribution < -0.4 is 0 Å². The van der Waals surface area contributed by atoms with Crippen molar-refractivity contribution < 1.29 is 9.59 Å². The van der Waals surface area contributed by atoms with E-state index in [1.807, 2.05) is 0 Å². The lowest BCUT2D eigenvalue weighted by Crippen LogP contribution is -1.83. The minimum Gasteiger partial charge on any atom is -0.303 e. The summed E-state index contributed by atoms with van der Waals surface area (Å²) in [6.45, 7) is 4.55. The number of carbonyl (C=O) groups is 2. The zero-order valence-electron chi connectivity index (χ0n) is 23.8. The van der Waals surface area contributed by atoms with Crippen LogP contribution in [0.1, 0.15) is 194 Å². The van der Waals surface area contributed by atoms with Gasteiger partial charge in [-0.2, -0.15) is 0 Å². The van der Waals surface area contributed by atoms with Crippen molar-refractivity contribution in [3.8, 4) is 0 Å². The summed E-state index contributed by atoms with van der Waals surface area (Å²) in [7, 11) is 0. The van der Waals surface area contributed by atoms with Crippen LogP contribution in [0.5, 0.6) is 0 Å². The highest BCUT2D eigenvalue weighted by atomic mass is 16.1. The van der Waals surface area contributed by atoms with Crippen LogP contribution >= 0.6 is 0 Å². The van der Waals surface area contributed by atoms with Gasteiger partial charge < -0.3 is 9.59 Å². The molecule has 34 heavy (non-hydrogen) atoms. The lowest BCUT2D eigenvalue weighted by molar-refractivity contribution is -0.108. The summed E-state index contributed by atoms with van der Waals surface area (Å²) >= 11 is 0. The molecule has 2 heteroatoms. The highest BCUT2D eigenvalue weighted by molar-refractivity contribution is 5.49. The van der Waals surface area contributed by atoms with E-state index in [1.54, 1.807) is 0 Å². The second-order valence-electron chi connectivity index (χ2n) is 10.4. The van der Waals surface area contributed by atoms with Crippen LogP contribution in [0.15, 0.2) is 0 Å². The Bertz CT molecular complexity index is 319. The molecule has 0 spiro atoms. The molecule has 0 aliphatic rings. The summed E-state index contributed by atoms with van der Waals surface area (Å²) < 4.78 is 0. The van der Waals surface area contributed by atoms with E-state index in [2.05, 4.69) is 13.8 Å². The first-order valence-electron chi connectivity index (χ1n) is 15.7. The molecule has 204 valence electrons. The average Bonchev–Trinajstić information content (AvgIpc) is 2.85. The summed E-state index contributed by atoms with van der Waals surface area (Å²) in [5.74, 6) is 0. The highest BCUT2D eigenvalue weighted by Gasteiger charge is 1.94. The SMILES string of the molecule is CCCCCCCCCCCCCCCC=O.CCCCCCCCCCCCCCCC=O. The van der Waals surface area contributed by atoms with Crippen molar-refractivity contribution in [3.05, 3.63) is 0 Å². The minimum atomic E-state index is 0.762. The normalized spacial score (nSPS) is 10.6. The smallest absolute Gasteiger partial charge is 0.119 e. The van der Waals surface area contributed by atoms with Crippen LogP contribution in [0.3, 0.4) is 0 Å². The number of hydrogen-bond acceptors (Lipinski definition) is 2. The second kappa shape index (κ2) is 36.9. The first kappa shape index (κ1) is 35.5. The monoisotopic (exact) mass is 480 g/mol. The van der Waals surface area contributed by atoms with Gasteiger partial charge in [-0.25, -0.2) is 0 Å². The van der Waals surface area contributed by atoms with Crippen molar-refractivity contribution in [3.63, 3.8) is 0 Å². The molecule has 0 bridgehead atoms. The fourth-order valence-corrected chi connectivity index (χ4v) is 4.49. The molecule has 0 atom stereocenters. The van der Waals surface area contributed by atoms with E-state index in [9.17, 15) is 9.59 Å². The Hall–Kier alpha value is -0.660. The maximum atomic E-state index is 10.1. The van der Waals surface area contributed by atoms with E-state index in [4.69, 9.17) is 0 Å². The standard InChI is InChI=1S/2C16H32O/c2*1-2-3-4-5-6-7-8-9-10-11-12-13-14-15-16-17/h2*16H,2-15H2,1H3. The van der Waals surface area contributed by atoms with Gasteiger partial charge in [-0.05, 0) is 12.8 Å². The van der Waals surface area contributed by atoms with E-state index in [-0.39, 0.29) is 0 Å². The van der Waals surface area contributed by atoms with Crippen molar-refractivity contribution in [2.24, 2.45) is 0 Å². The zero-order valence-corrected chi connectivity index (χ0v) is 23.8. The molecule has 0 fully saturated rings. The Labute approximate surface area is 215 Å². The van der Waals surface area contributed by atoms with Crippen molar-refractivity contribution in [1.82, 2.24) is 0 Å². The number of carbonyl (C=O) groups excluding carboxylic acids is 2. The minimum absolute atomic E-state index is 0.762. The van der Waals surface area contributed by atoms with Crippen molar-refractivity contribution >= 4 is 12.6 Å². The van der Waals surface area contributed by atoms with Gasteiger partial charge in [0, 0.05) is 12.8 Å². The van der Waals surface area contributed by atoms with Gasteiger partial charge in [0.2, 0.25) is 0 Å². The number of unbranched alkanes of at least 4 members (excludes halogenated alkanes) is 26. The molecule has 0 N–H and O–H groups in total. The van der Waals surface area contributed by atoms with Gasteiger partial charge in [0.05, 0.1) is 0 Å². The Kier molecular flexibility index (Phi) is 38.5. The van der Waals surface area contributed by atoms with Crippen LogP contribution in [-0.2, 0) is 9.59 Å². The third kappa shape index (κ3) is 38.6. The quantitative estimate of drug-likeness (QED) is 0.0823. The molecule has 0 aliphatic carbocycles. The van der Waals surface area contributed by atoms with Crippen molar-refractivity contribution in [2.75, 3.05) is 0 Å². The Morgan fingerprint density at radius 1 is 0.294 bits per heavy atom. The molecular formula is C32H64O2. The third-order valence-electron chi connectivity index (χ3n) is 6.85. The van der Waals surface area contributed by atoms with E-state index >= 15 is 0 Å². The van der Waals surface area contributed by atoms with Crippen molar-refractivity contribution in [1.29, 1.82) is 0 Å². The first-order valence-corrected chi connectivity index (χ1v) is 15.7. The van der Waals surface area contributed by atoms with Crippen molar-refractivity contribution in [2.45, 2.75) is 194 Å². The maximum absolute atomic E-state index is 10.1. The molecule has 0 saturated carbocycles. The molecule has 0 aliphatic heterocycles. The van der Waals surface area contributed by atoms with E-state index in [1.165, 1.54) is 154 Å². The molecule has 0 saturated heterocycles. The highest BCUT2D eigenvalue weighted by Crippen LogP contribution is 2.13. The van der Waals surface area contributed by atoms with Gasteiger partial charge in [0.15, 0.2) is 0 Å². The molecule has 0 rings (SSSR count). The fraction of sp³-hybridized carbons (Fsp3) is 0.938. The first-order chi connectivity index (χ1) is 16.8. The van der Waals surface area contributed by atoms with E-state index in [0.29, 0.717) is 0 Å². The third-order valence-corrected chi connectivity index (χ3v) is 6.85. The Morgan fingerprint density at radius 3 is 0.647 bits per heavy atom. The predicted molar refractivity (Wildman–Crippen MR) is 153 cm³/mol. The molecule has 0 heterocycles. The lowest BCUT2D eigenvalue weighted by atomic mass is 10.0. The average molecular weight is 481 g/mol. The summed E-state index contributed by atoms with van der Waals surface area (Å²) in [5, 5.41) is 0. The predicted octanol–water partition coefficient (Wildman–Crippen LogP) is 11.3. The van der Waals surface area contributed by atoms with Crippen LogP contribution in [0, 0.1) is 0 Å². The number of aldehydes is 2. The van der Waals surface area contributed by atoms with E-state index < -0.39 is 0 Å². The largest absolute Gasteiger partial charge is 0.303 e. The van der Waals surface area contributed by atoms with E-state index in [0.717, 1.165) is 38.3 Å². The molecule has 0 radical (unpaired) electrons. The topological polar surface area (TPSA) is 34.1 Å². The lowest BCUT2D eigenvalue weighted by Gasteiger charge is -2.02. The number of rotatable bonds is 28. The molecule has 0 amide bonds. The zero-order chi connectivity index (χ0) is 25.2. The molecule has 0 aromatic carbocycles. The Balaban J connectivity index is 0. The molecule has 0 aromatic rings. The number of hydrogen-bond donors (Lipinski definition) is 0. The summed E-state index contributed by atoms with van der Waals surface area (Å²) in [5.41, 5.74) is 0. The van der Waals surface area contributed by atoms with Crippen LogP contribution in [-0.4, -0.2) is 12.6 Å². The Morgan fingerprint density at radius 2 is 0.471 bits per heavy atom. The summed E-state index contributed by atoms with van der Waals surface area (Å²) in [6, 6.07) is 0. The van der Waals surface area contributed by atoms with Crippen LogP contribution in [0.25, 0.3) is 0 Å². The van der Waals surface area contributed by atoms with Gasteiger partial charge in [-0.1, -0.05) is 168 Å². The van der Waals surface area contributed by atoms with Gasteiger partial charge in [-0.3, -0.25) is 0 Å². The van der Waals surface area contributed by atoms with Gasteiger partial charge >= 0.3 is 0 Å². The molecule has 2 nitrogen and oxygen atoms in total. The van der Waals surface area contributed by atoms with Gasteiger partial charge in [0.25, 0.3) is 0 Å². The molecular weight excluding hydrogens is 416 g/mol. The molecule has 0 unspecified atom stereocenters.